The highest BCUT2D eigenvalue weighted by Crippen LogP contribution is 2.49. The van der Waals surface area contributed by atoms with Crippen molar-refractivity contribution in [2.75, 3.05) is 26.4 Å². The van der Waals surface area contributed by atoms with Gasteiger partial charge in [0, 0.05) is 25.7 Å². The second kappa shape index (κ2) is 72.0. The summed E-state index contributed by atoms with van der Waals surface area (Å²) in [5.41, 5.74) is 0. The van der Waals surface area contributed by atoms with E-state index in [-0.39, 0.29) is 25.7 Å². The molecule has 0 bridgehead atoms. The van der Waals surface area contributed by atoms with Crippen LogP contribution in [0.2, 0.25) is 0 Å². The maximum Gasteiger partial charge on any atom is 0.472 e. The molecule has 0 amide bonds. The molecular weight excluding hydrogens is 1580 g/mol. The average molecular weight is 1760 g/mol. The first kappa shape index (κ1) is 113. The van der Waals surface area contributed by atoms with E-state index in [1.807, 2.05) is 0 Å². The first-order valence-electron chi connectivity index (χ1n) is 49.6. The minimum atomic E-state index is -5.82. The van der Waals surface area contributed by atoms with Gasteiger partial charge in [-0.3, -0.25) is 28.2 Å². The Morgan fingerprint density at radius 2 is 0.664 bits per heavy atom. The molecule has 0 aromatic heterocycles. The predicted octanol–water partition coefficient (Wildman–Crippen LogP) is 19.1. The normalized spacial score (nSPS) is 25.3. The van der Waals surface area contributed by atoms with Crippen LogP contribution >= 0.6 is 7.82 Å². The van der Waals surface area contributed by atoms with E-state index in [1.165, 1.54) is 173 Å². The highest BCUT2D eigenvalue weighted by atomic mass is 31.2. The van der Waals surface area contributed by atoms with Crippen molar-refractivity contribution in [2.45, 2.75) is 531 Å². The van der Waals surface area contributed by atoms with Crippen LogP contribution in [-0.4, -0.2) is 205 Å². The van der Waals surface area contributed by atoms with Crippen LogP contribution in [0.25, 0.3) is 0 Å². The second-order valence-electron chi connectivity index (χ2n) is 36.5. The fraction of sp³-hybridized carbons (Fsp3) is 0.938. The van der Waals surface area contributed by atoms with Crippen molar-refractivity contribution < 1.29 is 122 Å². The van der Waals surface area contributed by atoms with Crippen LogP contribution < -0.4 is 0 Å². The summed E-state index contributed by atoms with van der Waals surface area (Å²) in [6.45, 7) is 12.6. The Hall–Kier alpha value is -2.79. The molecule has 3 rings (SSSR count). The monoisotopic (exact) mass is 1760 g/mol. The number of phosphoric ester groups is 1. The van der Waals surface area contributed by atoms with E-state index in [0.717, 1.165) is 141 Å². The first-order valence-corrected chi connectivity index (χ1v) is 51.1. The molecule has 21 atom stereocenters. The molecule has 1 saturated carbocycles. The molecule has 718 valence electrons. The number of allylic oxidation sites excluding steroid dienone is 2. The highest BCUT2D eigenvalue weighted by molar-refractivity contribution is 7.47. The lowest BCUT2D eigenvalue weighted by atomic mass is 9.84. The minimum absolute atomic E-state index is 0.0150. The molecule has 21 unspecified atom stereocenters. The summed E-state index contributed by atoms with van der Waals surface area (Å²) in [5, 5.41) is 103. The number of carbonyl (C=O) groups excluding carboxylic acids is 4. The van der Waals surface area contributed by atoms with E-state index < -0.39 is 162 Å². The number of hydrogen-bond acceptors (Lipinski definition) is 24. The second-order valence-corrected chi connectivity index (χ2v) is 37.9. The number of ether oxygens (including phenoxy) is 8. The lowest BCUT2D eigenvalue weighted by Crippen LogP contribution is -2.70. The van der Waals surface area contributed by atoms with Crippen molar-refractivity contribution in [2.24, 2.45) is 17.8 Å². The third-order valence-corrected chi connectivity index (χ3v) is 25.9. The average Bonchev–Trinajstić information content (AvgIpc) is 0.753. The molecule has 25 nitrogen and oxygen atoms in total. The van der Waals surface area contributed by atoms with Crippen molar-refractivity contribution >= 4 is 31.7 Å². The highest BCUT2D eigenvalue weighted by Gasteiger charge is 2.60. The van der Waals surface area contributed by atoms with Gasteiger partial charge in [0.05, 0.1) is 13.2 Å². The molecular formula is C96H179O25P. The predicted molar refractivity (Wildman–Crippen MR) is 476 cm³/mol. The van der Waals surface area contributed by atoms with Crippen LogP contribution in [-0.2, 0) is 70.7 Å². The van der Waals surface area contributed by atoms with Gasteiger partial charge in [0.15, 0.2) is 24.8 Å². The third kappa shape index (κ3) is 52.2. The van der Waals surface area contributed by atoms with Crippen LogP contribution in [0.4, 0.5) is 0 Å². The van der Waals surface area contributed by atoms with Crippen molar-refractivity contribution in [1.82, 2.24) is 0 Å². The Balaban J connectivity index is 1.92. The Labute approximate surface area is 737 Å². The molecule has 0 spiro atoms. The van der Waals surface area contributed by atoms with Gasteiger partial charge in [-0.05, 0) is 69.1 Å². The number of phosphoric acid groups is 1. The summed E-state index contributed by atoms with van der Waals surface area (Å²) in [7, 11) is -5.82. The molecule has 10 N–H and O–H groups in total. The largest absolute Gasteiger partial charge is 0.472 e. The summed E-state index contributed by atoms with van der Waals surface area (Å²) < 4.78 is 73.7. The molecule has 26 heteroatoms. The lowest BCUT2D eigenvalue weighted by Gasteiger charge is -2.50. The van der Waals surface area contributed by atoms with Crippen LogP contribution in [0.3, 0.4) is 0 Å². The maximum absolute atomic E-state index is 15.0. The molecule has 0 radical (unpaired) electrons. The van der Waals surface area contributed by atoms with E-state index in [2.05, 4.69) is 60.6 Å². The van der Waals surface area contributed by atoms with Gasteiger partial charge in [0.25, 0.3) is 0 Å². The number of aliphatic hydroxyl groups excluding tert-OH is 9. The van der Waals surface area contributed by atoms with E-state index in [0.29, 0.717) is 56.3 Å². The topological polar surface area (TPSA) is 380 Å². The molecule has 2 heterocycles. The zero-order valence-corrected chi connectivity index (χ0v) is 78.2. The van der Waals surface area contributed by atoms with E-state index in [1.54, 1.807) is 0 Å². The summed E-state index contributed by atoms with van der Waals surface area (Å²) in [6, 6.07) is 0. The summed E-state index contributed by atoms with van der Waals surface area (Å²) in [5.74, 6) is -0.963. The molecule has 2 aliphatic heterocycles. The fourth-order valence-corrected chi connectivity index (χ4v) is 17.8. The van der Waals surface area contributed by atoms with Gasteiger partial charge in [0.1, 0.15) is 92.6 Å². The van der Waals surface area contributed by atoms with E-state index in [4.69, 9.17) is 46.9 Å². The summed E-state index contributed by atoms with van der Waals surface area (Å²) >= 11 is 0. The number of esters is 4. The quantitative estimate of drug-likeness (QED) is 0.00889. The lowest BCUT2D eigenvalue weighted by molar-refractivity contribution is -0.360. The van der Waals surface area contributed by atoms with Crippen molar-refractivity contribution in [3.05, 3.63) is 12.2 Å². The summed E-state index contributed by atoms with van der Waals surface area (Å²) in [4.78, 5) is 66.8. The maximum atomic E-state index is 15.0. The SMILES string of the molecule is CCCCCC/C=C\CCCCCCCCCC(=O)OC(COC(=O)CCCCCCCCC(C)CCCCCCCC)COP(=O)(O)OC1C(OC2OC(CO)C(O)C(O)C2O)C(O)C(O)C(OC(=O)CCCCCCCCC(C)CCCCCCCC)C1OC1OC(COC(=O)CCCCCCCCC(C)CCCCCCCC)C(O)C(O)C1O. The zero-order valence-electron chi connectivity index (χ0n) is 77.3. The van der Waals surface area contributed by atoms with Gasteiger partial charge in [0.2, 0.25) is 0 Å². The van der Waals surface area contributed by atoms with E-state index >= 15 is 0 Å². The number of aliphatic hydroxyl groups is 9. The molecule has 2 saturated heterocycles. The van der Waals surface area contributed by atoms with Gasteiger partial charge in [-0.15, -0.1) is 0 Å². The fourth-order valence-electron chi connectivity index (χ4n) is 16.8. The third-order valence-electron chi connectivity index (χ3n) is 25.0. The first-order chi connectivity index (χ1) is 58.9. The van der Waals surface area contributed by atoms with Gasteiger partial charge in [-0.2, -0.15) is 0 Å². The van der Waals surface area contributed by atoms with Crippen molar-refractivity contribution in [3.63, 3.8) is 0 Å². The molecule has 1 aliphatic carbocycles. The van der Waals surface area contributed by atoms with Crippen LogP contribution in [0, 0.1) is 17.8 Å². The number of hydrogen-bond donors (Lipinski definition) is 10. The zero-order chi connectivity index (χ0) is 89.4. The van der Waals surface area contributed by atoms with Crippen LogP contribution in [0.1, 0.15) is 427 Å². The van der Waals surface area contributed by atoms with Gasteiger partial charge >= 0.3 is 31.7 Å². The molecule has 122 heavy (non-hydrogen) atoms. The smallest absolute Gasteiger partial charge is 0.463 e. The van der Waals surface area contributed by atoms with Gasteiger partial charge < -0.3 is 88.7 Å². The van der Waals surface area contributed by atoms with Crippen molar-refractivity contribution in [1.29, 1.82) is 0 Å². The standard InChI is InChI=1S/C96H179O25P/c1-8-12-16-20-24-25-26-27-28-29-30-31-32-47-57-67-81(100)115-76(70-112-79(98)65-55-45-36-33-42-52-62-73(5)59-49-39-21-17-13-9-2)71-114-122(110,111)121-94-92(119-95-89(108)85(104)83(102)77(69-97)116-95)88(107)87(106)91(118-82(101)68-58-48-38-35-44-54-64-75(7)61-51-41-23-19-15-11-4)93(94)120-96-90(109)86(105)84(103)78(117-96)72-113-80(99)66-56-46-37-34-43-53-63-74(6)60-50-40-22-18-14-10-3/h25-26,73-78,83-97,102-109H,8-24,27-72H2,1-7H3,(H,110,111)/b26-25-. The Morgan fingerprint density at radius 1 is 0.344 bits per heavy atom. The van der Waals surface area contributed by atoms with Gasteiger partial charge in [-0.1, -0.05) is 362 Å². The molecule has 0 aromatic rings. The Bertz CT molecular complexity index is 2620. The van der Waals surface area contributed by atoms with Crippen LogP contribution in [0.15, 0.2) is 12.2 Å². The number of rotatable bonds is 79. The molecule has 0 aromatic carbocycles. The van der Waals surface area contributed by atoms with Crippen molar-refractivity contribution in [3.8, 4) is 0 Å². The minimum Gasteiger partial charge on any atom is -0.463 e. The number of carbonyl (C=O) groups is 4. The van der Waals surface area contributed by atoms with E-state index in [9.17, 15) is 74.6 Å². The Morgan fingerprint density at radius 3 is 1.07 bits per heavy atom. The molecule has 3 fully saturated rings. The Kier molecular flexibility index (Phi) is 66.9. The molecule has 3 aliphatic rings. The summed E-state index contributed by atoms with van der Waals surface area (Å²) in [6.07, 6.45) is 27.7. The number of unbranched alkanes of at least 4 members (excludes halogenated alkanes) is 41. The van der Waals surface area contributed by atoms with Gasteiger partial charge in [-0.25, -0.2) is 4.57 Å². The van der Waals surface area contributed by atoms with Crippen LogP contribution in [0.5, 0.6) is 0 Å².